The third-order valence-electron chi connectivity index (χ3n) is 7.61. The second kappa shape index (κ2) is 16.2. The Morgan fingerprint density at radius 3 is 2.34 bits per heavy atom. The number of sulfone groups is 1. The molecular weight excluding hydrogens is 575 g/mol. The monoisotopic (exact) mass is 617 g/mol. The number of hydrogen-bond acceptors (Lipinski definition) is 6. The summed E-state index contributed by atoms with van der Waals surface area (Å²) in [6.07, 6.45) is 3.44. The molecule has 2 aromatic rings. The van der Waals surface area contributed by atoms with E-state index in [4.69, 9.17) is 16.3 Å². The molecular formula is C30H43ClF3N3O3S. The first-order chi connectivity index (χ1) is 19.5. The van der Waals surface area contributed by atoms with E-state index in [0.29, 0.717) is 29.8 Å². The van der Waals surface area contributed by atoms with Gasteiger partial charge in [0.1, 0.15) is 0 Å². The van der Waals surface area contributed by atoms with Gasteiger partial charge in [0.2, 0.25) is 0 Å². The lowest BCUT2D eigenvalue weighted by Gasteiger charge is -2.35. The van der Waals surface area contributed by atoms with Crippen molar-refractivity contribution in [3.05, 3.63) is 64.2 Å². The predicted octanol–water partition coefficient (Wildman–Crippen LogP) is 6.03. The van der Waals surface area contributed by atoms with Gasteiger partial charge in [-0.2, -0.15) is 13.2 Å². The number of benzene rings is 2. The van der Waals surface area contributed by atoms with Crippen LogP contribution in [-0.4, -0.2) is 77.0 Å². The first kappa shape index (κ1) is 33.8. The average molecular weight is 618 g/mol. The Hall–Kier alpha value is -1.69. The summed E-state index contributed by atoms with van der Waals surface area (Å²) in [7, 11) is -1.53. The van der Waals surface area contributed by atoms with Crippen LogP contribution in [0.2, 0.25) is 5.02 Å². The van der Waals surface area contributed by atoms with E-state index in [1.54, 1.807) is 31.4 Å². The molecule has 11 heteroatoms. The second-order valence-corrected chi connectivity index (χ2v) is 13.2. The second-order valence-electron chi connectivity index (χ2n) is 10.8. The number of rotatable bonds is 10. The van der Waals surface area contributed by atoms with E-state index >= 15 is 0 Å². The average Bonchev–Trinajstić information content (AvgIpc) is 2.94. The van der Waals surface area contributed by atoms with Gasteiger partial charge in [0.15, 0.2) is 9.84 Å². The fraction of sp³-hybridized carbons (Fsp3) is 0.600. The molecule has 41 heavy (non-hydrogen) atoms. The van der Waals surface area contributed by atoms with Gasteiger partial charge in [-0.15, -0.1) is 0 Å². The summed E-state index contributed by atoms with van der Waals surface area (Å²) in [5.74, 6) is 0. The van der Waals surface area contributed by atoms with Crippen LogP contribution in [-0.2, 0) is 33.8 Å². The molecule has 2 heterocycles. The molecule has 0 bridgehead atoms. The van der Waals surface area contributed by atoms with E-state index in [-0.39, 0.29) is 4.90 Å². The number of hydrogen-bond donors (Lipinski definition) is 1. The van der Waals surface area contributed by atoms with Gasteiger partial charge >= 0.3 is 6.18 Å². The Balaban J connectivity index is 0.000000232. The zero-order valence-corrected chi connectivity index (χ0v) is 25.6. The maximum Gasteiger partial charge on any atom is 0.416 e. The number of alkyl halides is 3. The number of ether oxygens (including phenoxy) is 1. The van der Waals surface area contributed by atoms with Gasteiger partial charge in [0.25, 0.3) is 0 Å². The number of nitrogens with zero attached hydrogens (tertiary/aromatic N) is 2. The Morgan fingerprint density at radius 2 is 1.73 bits per heavy atom. The van der Waals surface area contributed by atoms with Crippen molar-refractivity contribution in [1.29, 1.82) is 0 Å². The van der Waals surface area contributed by atoms with E-state index < -0.39 is 21.6 Å². The highest BCUT2D eigenvalue weighted by molar-refractivity contribution is 7.90. The molecule has 0 saturated carbocycles. The van der Waals surface area contributed by atoms with Gasteiger partial charge < -0.3 is 10.1 Å². The van der Waals surface area contributed by atoms with Gasteiger partial charge in [0.05, 0.1) is 10.5 Å². The standard InChI is InChI=1S/C17H25F3N2O.C13H18ClNO2S/c1-23-12-4-11-22(15-7-9-21-10-8-15)13-14-5-2-3-6-16(14)17(18,19)20;1-18(16,17)12-6-5-11(13(14)9-12)10-15-7-3-2-4-8-15/h2-3,5-6,15,21H,4,7-13H2,1H3;5-6,9H,2-4,7-8,10H2,1H3. The van der Waals surface area contributed by atoms with Gasteiger partial charge in [0, 0.05) is 50.7 Å². The van der Waals surface area contributed by atoms with Crippen LogP contribution in [0.1, 0.15) is 55.2 Å². The predicted molar refractivity (Wildman–Crippen MR) is 158 cm³/mol. The highest BCUT2D eigenvalue weighted by Gasteiger charge is 2.34. The molecule has 230 valence electrons. The summed E-state index contributed by atoms with van der Waals surface area (Å²) in [5.41, 5.74) is 0.840. The molecule has 1 N–H and O–H groups in total. The quantitative estimate of drug-likeness (QED) is 0.329. The van der Waals surface area contributed by atoms with Crippen LogP contribution in [0, 0.1) is 0 Å². The molecule has 2 fully saturated rings. The van der Waals surface area contributed by atoms with Crippen molar-refractivity contribution in [2.45, 2.75) is 68.7 Å². The van der Waals surface area contributed by atoms with E-state index in [1.165, 1.54) is 37.7 Å². The molecule has 0 spiro atoms. The molecule has 0 unspecified atom stereocenters. The first-order valence-electron chi connectivity index (χ1n) is 14.3. The van der Waals surface area contributed by atoms with Crippen LogP contribution in [0.5, 0.6) is 0 Å². The maximum absolute atomic E-state index is 13.2. The van der Waals surface area contributed by atoms with E-state index in [0.717, 1.165) is 64.1 Å². The number of nitrogens with one attached hydrogen (secondary N) is 1. The molecule has 2 aliphatic rings. The Labute approximate surface area is 248 Å². The number of halogens is 4. The molecule has 2 aliphatic heterocycles. The van der Waals surface area contributed by atoms with Crippen molar-refractivity contribution in [2.75, 3.05) is 52.7 Å². The largest absolute Gasteiger partial charge is 0.416 e. The van der Waals surface area contributed by atoms with Crippen molar-refractivity contribution in [3.63, 3.8) is 0 Å². The minimum absolute atomic E-state index is 0.287. The Kier molecular flexibility index (Phi) is 13.4. The van der Waals surface area contributed by atoms with E-state index in [2.05, 4.69) is 15.1 Å². The van der Waals surface area contributed by atoms with Gasteiger partial charge in [-0.05, 0) is 87.6 Å². The third kappa shape index (κ3) is 11.1. The minimum atomic E-state index is -4.30. The Bertz CT molecular complexity index is 1180. The zero-order chi connectivity index (χ0) is 29.9. The summed E-state index contributed by atoms with van der Waals surface area (Å²) in [6, 6.07) is 11.2. The molecule has 0 amide bonds. The van der Waals surface area contributed by atoms with Crippen LogP contribution < -0.4 is 5.32 Å². The SMILES string of the molecule is COCCCN(Cc1ccccc1C(F)(F)F)C1CCNCC1.CS(=O)(=O)c1ccc(CN2CCCCC2)c(Cl)c1. The summed E-state index contributed by atoms with van der Waals surface area (Å²) >= 11 is 6.16. The van der Waals surface area contributed by atoms with Crippen molar-refractivity contribution in [2.24, 2.45) is 0 Å². The molecule has 0 aliphatic carbocycles. The summed E-state index contributed by atoms with van der Waals surface area (Å²) in [4.78, 5) is 4.84. The lowest BCUT2D eigenvalue weighted by atomic mass is 10.0. The summed E-state index contributed by atoms with van der Waals surface area (Å²) in [6.45, 7) is 6.58. The fourth-order valence-electron chi connectivity index (χ4n) is 5.37. The van der Waals surface area contributed by atoms with E-state index in [9.17, 15) is 21.6 Å². The fourth-order valence-corrected chi connectivity index (χ4v) is 6.33. The topological polar surface area (TPSA) is 61.9 Å². The van der Waals surface area contributed by atoms with Crippen molar-refractivity contribution in [1.82, 2.24) is 15.1 Å². The normalized spacial score (nSPS) is 17.3. The lowest BCUT2D eigenvalue weighted by molar-refractivity contribution is -0.138. The van der Waals surface area contributed by atoms with Crippen LogP contribution in [0.4, 0.5) is 13.2 Å². The number of methoxy groups -OCH3 is 1. The van der Waals surface area contributed by atoms with Gasteiger partial charge in [-0.1, -0.05) is 42.3 Å². The molecule has 6 nitrogen and oxygen atoms in total. The lowest BCUT2D eigenvalue weighted by Crippen LogP contribution is -2.43. The summed E-state index contributed by atoms with van der Waals surface area (Å²) < 4.78 is 67.5. The first-order valence-corrected chi connectivity index (χ1v) is 16.6. The van der Waals surface area contributed by atoms with Gasteiger partial charge in [-0.3, -0.25) is 9.80 Å². The molecule has 0 aromatic heterocycles. The van der Waals surface area contributed by atoms with Crippen molar-refractivity contribution in [3.8, 4) is 0 Å². The summed E-state index contributed by atoms with van der Waals surface area (Å²) in [5, 5.41) is 3.85. The highest BCUT2D eigenvalue weighted by Crippen LogP contribution is 2.33. The van der Waals surface area contributed by atoms with E-state index in [1.807, 2.05) is 6.07 Å². The third-order valence-corrected chi connectivity index (χ3v) is 9.07. The van der Waals surface area contributed by atoms with Crippen LogP contribution in [0.3, 0.4) is 0 Å². The molecule has 2 aromatic carbocycles. The van der Waals surface area contributed by atoms with Crippen molar-refractivity contribution >= 4 is 21.4 Å². The number of piperidine rings is 2. The minimum Gasteiger partial charge on any atom is -0.385 e. The molecule has 0 radical (unpaired) electrons. The molecule has 0 atom stereocenters. The number of likely N-dealkylation sites (tertiary alicyclic amines) is 1. The van der Waals surface area contributed by atoms with Crippen molar-refractivity contribution < 1.29 is 26.3 Å². The maximum atomic E-state index is 13.2. The van der Waals surface area contributed by atoms with Crippen LogP contribution >= 0.6 is 11.6 Å². The van der Waals surface area contributed by atoms with Crippen LogP contribution in [0.25, 0.3) is 0 Å². The highest BCUT2D eigenvalue weighted by atomic mass is 35.5. The van der Waals surface area contributed by atoms with Gasteiger partial charge in [-0.25, -0.2) is 8.42 Å². The molecule has 4 rings (SSSR count). The Morgan fingerprint density at radius 1 is 1.05 bits per heavy atom. The smallest absolute Gasteiger partial charge is 0.385 e. The zero-order valence-electron chi connectivity index (χ0n) is 24.1. The van der Waals surface area contributed by atoms with Crippen LogP contribution in [0.15, 0.2) is 47.4 Å². The molecule has 2 saturated heterocycles.